The zero-order valence-corrected chi connectivity index (χ0v) is 12.2. The predicted molar refractivity (Wildman–Crippen MR) is 78.0 cm³/mol. The Bertz CT molecular complexity index is 621. The third-order valence-electron chi connectivity index (χ3n) is 4.33. The van der Waals surface area contributed by atoms with E-state index in [1.807, 2.05) is 26.2 Å². The van der Waals surface area contributed by atoms with Crippen molar-refractivity contribution in [3.8, 4) is 0 Å². The van der Waals surface area contributed by atoms with Crippen LogP contribution in [0.15, 0.2) is 24.3 Å². The number of likely N-dealkylation sites (N-methyl/N-ethyl adjacent to an activating group) is 1. The molecule has 0 saturated heterocycles. The summed E-state index contributed by atoms with van der Waals surface area (Å²) in [5, 5.41) is 2.80. The van der Waals surface area contributed by atoms with E-state index in [0.29, 0.717) is 18.7 Å². The molecule has 2 saturated carbocycles. The maximum Gasteiger partial charge on any atom is 0.238 e. The van der Waals surface area contributed by atoms with Gasteiger partial charge in [-0.1, -0.05) is 12.1 Å². The van der Waals surface area contributed by atoms with Gasteiger partial charge in [-0.3, -0.25) is 14.4 Å². The third-order valence-corrected chi connectivity index (χ3v) is 4.33. The average Bonchev–Trinajstić information content (AvgIpc) is 3.10. The first-order valence-corrected chi connectivity index (χ1v) is 7.04. The molecule has 2 atom stereocenters. The smallest absolute Gasteiger partial charge is 0.238 e. The fourth-order valence-electron chi connectivity index (χ4n) is 3.22. The molecule has 2 aliphatic carbocycles. The lowest BCUT2D eigenvalue weighted by molar-refractivity contribution is -0.124. The first-order chi connectivity index (χ1) is 9.93. The van der Waals surface area contributed by atoms with Crippen LogP contribution in [-0.4, -0.2) is 43.0 Å². The number of nitrogens with zero attached hydrogens (tertiary/aromatic N) is 1. The summed E-state index contributed by atoms with van der Waals surface area (Å²) in [6.07, 6.45) is 0.725. The summed E-state index contributed by atoms with van der Waals surface area (Å²) in [6, 6.07) is 7.29. The highest BCUT2D eigenvalue weighted by atomic mass is 16.2. The third kappa shape index (κ3) is 2.27. The van der Waals surface area contributed by atoms with Gasteiger partial charge in [-0.05, 0) is 38.2 Å². The van der Waals surface area contributed by atoms with Gasteiger partial charge in [-0.15, -0.1) is 0 Å². The number of fused-ring (bicyclic) bond motifs is 1. The van der Waals surface area contributed by atoms with Crippen molar-refractivity contribution in [3.63, 3.8) is 0 Å². The van der Waals surface area contributed by atoms with Gasteiger partial charge < -0.3 is 10.2 Å². The normalized spacial score (nSPS) is 26.9. The Balaban J connectivity index is 1.73. The number of carbonyl (C=O) groups is 3. The van der Waals surface area contributed by atoms with Crippen LogP contribution in [-0.2, 0) is 19.8 Å². The van der Waals surface area contributed by atoms with Gasteiger partial charge in [0.25, 0.3) is 0 Å². The summed E-state index contributed by atoms with van der Waals surface area (Å²) < 4.78 is 0. The van der Waals surface area contributed by atoms with Gasteiger partial charge in [0.05, 0.1) is 18.4 Å². The molecule has 0 bridgehead atoms. The summed E-state index contributed by atoms with van der Waals surface area (Å²) in [7, 11) is 3.66. The Morgan fingerprint density at radius 3 is 2.43 bits per heavy atom. The highest BCUT2D eigenvalue weighted by Gasteiger charge is 2.68. The molecule has 5 nitrogen and oxygen atoms in total. The quantitative estimate of drug-likeness (QED) is 0.838. The van der Waals surface area contributed by atoms with E-state index in [2.05, 4.69) is 5.32 Å². The Kier molecular flexibility index (Phi) is 3.17. The highest BCUT2D eigenvalue weighted by molar-refractivity contribution is 6.18. The van der Waals surface area contributed by atoms with Crippen molar-refractivity contribution < 1.29 is 14.4 Å². The van der Waals surface area contributed by atoms with E-state index >= 15 is 0 Å². The summed E-state index contributed by atoms with van der Waals surface area (Å²) in [5.74, 6) is -0.0771. The van der Waals surface area contributed by atoms with Gasteiger partial charge in [0.15, 0.2) is 5.78 Å². The fraction of sp³-hybridized carbons (Fsp3) is 0.438. The van der Waals surface area contributed by atoms with Crippen LogP contribution < -0.4 is 5.32 Å². The minimum absolute atomic E-state index is 0.0434. The molecule has 5 heteroatoms. The lowest BCUT2D eigenvalue weighted by Gasteiger charge is -2.13. The Hall–Kier alpha value is -2.01. The zero-order chi connectivity index (χ0) is 15.2. The van der Waals surface area contributed by atoms with Crippen molar-refractivity contribution in [1.82, 2.24) is 4.90 Å². The summed E-state index contributed by atoms with van der Waals surface area (Å²) in [5.41, 5.74) is 1.05. The number of anilines is 1. The molecule has 1 aromatic rings. The highest BCUT2D eigenvalue weighted by Crippen LogP contribution is 2.60. The van der Waals surface area contributed by atoms with Gasteiger partial charge in [-0.25, -0.2) is 0 Å². The predicted octanol–water partition coefficient (Wildman–Crippen LogP) is 0.986. The minimum Gasteiger partial charge on any atom is -0.325 e. The van der Waals surface area contributed by atoms with Gasteiger partial charge in [0.1, 0.15) is 5.78 Å². The van der Waals surface area contributed by atoms with E-state index in [0.717, 1.165) is 5.56 Å². The van der Waals surface area contributed by atoms with Gasteiger partial charge in [-0.2, -0.15) is 0 Å². The van der Waals surface area contributed by atoms with Crippen LogP contribution in [0.2, 0.25) is 0 Å². The van der Waals surface area contributed by atoms with E-state index in [1.54, 1.807) is 17.0 Å². The van der Waals surface area contributed by atoms with E-state index in [-0.39, 0.29) is 29.8 Å². The van der Waals surface area contributed by atoms with Crippen molar-refractivity contribution in [3.05, 3.63) is 29.8 Å². The maximum atomic E-state index is 12.0. The molecular formula is C16H18N2O3. The number of benzene rings is 1. The van der Waals surface area contributed by atoms with Crippen molar-refractivity contribution >= 4 is 23.2 Å². The van der Waals surface area contributed by atoms with Crippen LogP contribution in [0.4, 0.5) is 5.69 Å². The lowest BCUT2D eigenvalue weighted by atomic mass is 9.92. The number of hydrogen-bond acceptors (Lipinski definition) is 4. The summed E-state index contributed by atoms with van der Waals surface area (Å²) in [4.78, 5) is 37.1. The van der Waals surface area contributed by atoms with Crippen LogP contribution >= 0.6 is 0 Å². The van der Waals surface area contributed by atoms with Gasteiger partial charge in [0, 0.05) is 11.6 Å². The Labute approximate surface area is 123 Å². The van der Waals surface area contributed by atoms with E-state index in [9.17, 15) is 14.4 Å². The van der Waals surface area contributed by atoms with E-state index < -0.39 is 5.41 Å². The number of amides is 1. The fourth-order valence-corrected chi connectivity index (χ4v) is 3.22. The van der Waals surface area contributed by atoms with Gasteiger partial charge >= 0.3 is 0 Å². The maximum absolute atomic E-state index is 12.0. The number of hydrogen-bond donors (Lipinski definition) is 1. The van der Waals surface area contributed by atoms with Crippen LogP contribution in [0.1, 0.15) is 18.4 Å². The van der Waals surface area contributed by atoms with Crippen molar-refractivity contribution in [2.24, 2.45) is 5.92 Å². The molecule has 1 N–H and O–H groups in total. The largest absolute Gasteiger partial charge is 0.325 e. The molecule has 110 valence electrons. The monoisotopic (exact) mass is 286 g/mol. The second-order valence-corrected chi connectivity index (χ2v) is 6.16. The first-order valence-electron chi connectivity index (χ1n) is 7.04. The number of carbonyl (C=O) groups excluding carboxylic acids is 3. The molecule has 1 aromatic carbocycles. The molecule has 3 rings (SSSR count). The number of rotatable bonds is 4. The van der Waals surface area contributed by atoms with Crippen LogP contribution in [0.5, 0.6) is 0 Å². The Morgan fingerprint density at radius 2 is 1.95 bits per heavy atom. The second kappa shape index (κ2) is 4.77. The standard InChI is InChI=1S/C16H18N2O3/c1-18(2)9-15(21)17-11-5-3-10(4-6-11)16-8-12(16)13(19)7-14(16)20/h3-6,12H,7-9H2,1-2H3,(H,17,21). The molecule has 1 amide bonds. The minimum atomic E-state index is -0.552. The second-order valence-electron chi connectivity index (χ2n) is 6.16. The van der Waals surface area contributed by atoms with Crippen molar-refractivity contribution in [2.75, 3.05) is 26.0 Å². The van der Waals surface area contributed by atoms with E-state index in [1.165, 1.54) is 0 Å². The summed E-state index contributed by atoms with van der Waals surface area (Å²) >= 11 is 0. The number of ketones is 2. The molecule has 0 aliphatic heterocycles. The molecular weight excluding hydrogens is 268 g/mol. The molecule has 2 aliphatic rings. The van der Waals surface area contributed by atoms with Crippen molar-refractivity contribution in [1.29, 1.82) is 0 Å². The average molecular weight is 286 g/mol. The molecule has 21 heavy (non-hydrogen) atoms. The van der Waals surface area contributed by atoms with Crippen LogP contribution in [0.25, 0.3) is 0 Å². The molecule has 0 spiro atoms. The molecule has 2 unspecified atom stereocenters. The molecule has 2 fully saturated rings. The SMILES string of the molecule is CN(C)CC(=O)Nc1ccc(C23CC2C(=O)CC3=O)cc1. The first kappa shape index (κ1) is 13.9. The van der Waals surface area contributed by atoms with Crippen LogP contribution in [0, 0.1) is 5.92 Å². The summed E-state index contributed by atoms with van der Waals surface area (Å²) in [6.45, 7) is 0.320. The Morgan fingerprint density at radius 1 is 1.29 bits per heavy atom. The van der Waals surface area contributed by atoms with Gasteiger partial charge in [0.2, 0.25) is 5.91 Å². The lowest BCUT2D eigenvalue weighted by Crippen LogP contribution is -2.27. The number of nitrogens with one attached hydrogen (secondary N) is 1. The topological polar surface area (TPSA) is 66.5 Å². The molecule has 0 heterocycles. The van der Waals surface area contributed by atoms with E-state index in [4.69, 9.17) is 0 Å². The van der Waals surface area contributed by atoms with Crippen molar-refractivity contribution in [2.45, 2.75) is 18.3 Å². The number of Topliss-reactive ketones (excluding diaryl/α,β-unsaturated/α-hetero) is 2. The molecule has 0 aromatic heterocycles. The van der Waals surface area contributed by atoms with Crippen LogP contribution in [0.3, 0.4) is 0 Å². The zero-order valence-electron chi connectivity index (χ0n) is 12.2. The molecule has 0 radical (unpaired) electrons.